The van der Waals surface area contributed by atoms with E-state index in [1.807, 2.05) is 80.5 Å². The maximum absolute atomic E-state index is 14.4. The first kappa shape index (κ1) is 75.4. The lowest BCUT2D eigenvalue weighted by Crippen LogP contribution is -2.66. The van der Waals surface area contributed by atoms with Gasteiger partial charge in [0.1, 0.15) is 46.8 Å². The van der Waals surface area contributed by atoms with Gasteiger partial charge in [-0.15, -0.1) is 0 Å². The molecule has 83 heavy (non-hydrogen) atoms. The zero-order valence-corrected chi connectivity index (χ0v) is 54.1. The van der Waals surface area contributed by atoms with Crippen molar-refractivity contribution in [1.29, 1.82) is 0 Å². The molecule has 0 bridgehead atoms. The number of nitrogens with one attached hydrogen (secondary N) is 9. The number of aliphatic hydroxyl groups is 1. The molecule has 0 aromatic carbocycles. The van der Waals surface area contributed by atoms with E-state index in [4.69, 9.17) is 0 Å². The number of carbonyl (C=O) groups excluding carboxylic acids is 10. The molecule has 1 fully saturated rings. The van der Waals surface area contributed by atoms with Crippen LogP contribution in [0.1, 0.15) is 195 Å². The van der Waals surface area contributed by atoms with Crippen molar-refractivity contribution in [3.05, 3.63) is 12.2 Å². The van der Waals surface area contributed by atoms with Crippen molar-refractivity contribution in [2.75, 3.05) is 33.7 Å². The van der Waals surface area contributed by atoms with E-state index in [0.29, 0.717) is 25.9 Å². The average Bonchev–Trinajstić information content (AvgIpc) is 3.96. The van der Waals surface area contributed by atoms with Gasteiger partial charge in [-0.2, -0.15) is 0 Å². The van der Waals surface area contributed by atoms with Crippen molar-refractivity contribution in [2.24, 2.45) is 29.6 Å². The smallest absolute Gasteiger partial charge is 0.246 e. The van der Waals surface area contributed by atoms with Gasteiger partial charge < -0.3 is 62.8 Å². The lowest BCUT2D eigenvalue weighted by atomic mass is 9.95. The molecule has 476 valence electrons. The molecule has 1 heterocycles. The summed E-state index contributed by atoms with van der Waals surface area (Å²) >= 11 is 0. The highest BCUT2D eigenvalue weighted by molar-refractivity contribution is 6.00. The van der Waals surface area contributed by atoms with Crippen LogP contribution in [0.25, 0.3) is 0 Å². The number of nitrogens with zero attached hydrogens (tertiary/aromatic N) is 2. The first-order chi connectivity index (χ1) is 38.4. The Morgan fingerprint density at radius 3 is 1.71 bits per heavy atom. The highest BCUT2D eigenvalue weighted by Crippen LogP contribution is 2.25. The number of allylic oxidation sites excluding steroid dienone is 1. The van der Waals surface area contributed by atoms with Gasteiger partial charge in [0.15, 0.2) is 0 Å². The van der Waals surface area contributed by atoms with Crippen molar-refractivity contribution in [3.8, 4) is 0 Å². The standard InChI is InChI=1S/C61H111N11O11/c1-20-22-23-24-25-26-27-43(64-54(79)46-34-41(10)35-72(46)48(74)29-28-40(9)21-2)51(76)67-49(50(75)39(7)8)55(80)69-60(14,15)57(82)66-44(32-37(3)4)52(77)65-45(33-38(5)6)53(78)68-61(16,17)58(83)70-59(12,13)56(81)62-31-30-47(73)63-42(11)36-71(18)19/h28-29,37-46,49-50,75H,20-27,30-36H2,1-19H3,(H,62,81)(H,63,73)(H,64,79)(H,65,77)(H,66,82)(H,67,76)(H,68,78)(H,69,80)(H,70,83)/b29-28+/t40-,41-,42-,43-,44-,45-,46-,49?,50+/m0/s1. The van der Waals surface area contributed by atoms with Crippen LogP contribution >= 0.6 is 0 Å². The monoisotopic (exact) mass is 1170 g/mol. The fraction of sp³-hybridized carbons (Fsp3) is 0.803. The Morgan fingerprint density at radius 2 is 1.16 bits per heavy atom. The first-order valence-corrected chi connectivity index (χ1v) is 30.5. The fourth-order valence-electron chi connectivity index (χ4n) is 9.49. The molecule has 0 aromatic heterocycles. The first-order valence-electron chi connectivity index (χ1n) is 30.5. The average molecular weight is 1170 g/mol. The number of rotatable bonds is 37. The van der Waals surface area contributed by atoms with Crippen LogP contribution in [0, 0.1) is 29.6 Å². The van der Waals surface area contributed by atoms with Gasteiger partial charge in [0, 0.05) is 32.1 Å². The molecule has 10 amide bonds. The van der Waals surface area contributed by atoms with Crippen LogP contribution in [0.2, 0.25) is 0 Å². The van der Waals surface area contributed by atoms with Crippen molar-refractivity contribution in [2.45, 2.75) is 254 Å². The molecule has 0 saturated carbocycles. The molecule has 1 rings (SSSR count). The lowest BCUT2D eigenvalue weighted by Gasteiger charge is -2.34. The molecule has 0 aliphatic carbocycles. The highest BCUT2D eigenvalue weighted by Gasteiger charge is 2.43. The molecule has 22 nitrogen and oxygen atoms in total. The third kappa shape index (κ3) is 27.3. The summed E-state index contributed by atoms with van der Waals surface area (Å²) in [5, 5.41) is 36.2. The van der Waals surface area contributed by atoms with E-state index in [9.17, 15) is 53.1 Å². The third-order valence-electron chi connectivity index (χ3n) is 14.7. The van der Waals surface area contributed by atoms with Gasteiger partial charge in [-0.05, 0) is 124 Å². The van der Waals surface area contributed by atoms with E-state index in [1.165, 1.54) is 52.5 Å². The van der Waals surface area contributed by atoms with Gasteiger partial charge in [-0.3, -0.25) is 47.9 Å². The molecule has 0 aromatic rings. The molecule has 0 radical (unpaired) electrons. The van der Waals surface area contributed by atoms with Gasteiger partial charge >= 0.3 is 0 Å². The van der Waals surface area contributed by atoms with Gasteiger partial charge in [-0.25, -0.2) is 0 Å². The topological polar surface area (TPSA) is 306 Å². The van der Waals surface area contributed by atoms with Crippen LogP contribution in [0.3, 0.4) is 0 Å². The Balaban J connectivity index is 3.34. The summed E-state index contributed by atoms with van der Waals surface area (Å²) < 4.78 is 0. The number of likely N-dealkylation sites (tertiary alicyclic amines) is 1. The van der Waals surface area contributed by atoms with Crippen molar-refractivity contribution < 1.29 is 53.1 Å². The van der Waals surface area contributed by atoms with E-state index in [1.54, 1.807) is 13.8 Å². The van der Waals surface area contributed by atoms with E-state index in [0.717, 1.165) is 38.5 Å². The lowest BCUT2D eigenvalue weighted by molar-refractivity contribution is -0.140. The number of hydrogen-bond acceptors (Lipinski definition) is 12. The Morgan fingerprint density at radius 1 is 0.627 bits per heavy atom. The summed E-state index contributed by atoms with van der Waals surface area (Å²) in [6, 6.07) is -6.07. The number of unbranched alkanes of at least 4 members (excludes halogenated alkanes) is 5. The van der Waals surface area contributed by atoms with E-state index >= 15 is 0 Å². The summed E-state index contributed by atoms with van der Waals surface area (Å²) in [5.41, 5.74) is -4.82. The number of carbonyl (C=O) groups is 10. The molecule has 0 spiro atoms. The van der Waals surface area contributed by atoms with Gasteiger partial charge in [0.2, 0.25) is 59.1 Å². The SMILES string of the molecule is CCCCCCCC[C@H](NC(=O)[C@@H]1C[C@H](C)CN1C(=O)/C=C/[C@@H](C)CC)C(=O)NC(C(=O)NC(C)(C)C(=O)N[C@@H](CC(C)C)C(=O)N[C@@H](CC(C)C)C(=O)NC(C)(C)C(=O)NC(C)(C)C(=O)NCCC(=O)N[C@@H](C)CN(C)C)[C@H](O)C(C)C. The number of likely N-dealkylation sites (N-methyl/N-ethyl adjacent to an activating group) is 1. The van der Waals surface area contributed by atoms with Gasteiger partial charge in [0.05, 0.1) is 6.10 Å². The fourth-order valence-corrected chi connectivity index (χ4v) is 9.49. The van der Waals surface area contributed by atoms with Crippen LogP contribution in [0.4, 0.5) is 0 Å². The Kier molecular flexibility index (Phi) is 32.3. The number of amides is 10. The van der Waals surface area contributed by atoms with Gasteiger partial charge in [0.25, 0.3) is 0 Å². The largest absolute Gasteiger partial charge is 0.390 e. The van der Waals surface area contributed by atoms with Crippen molar-refractivity contribution in [1.82, 2.24) is 57.7 Å². The second-order valence-electron chi connectivity index (χ2n) is 26.3. The molecule has 1 aliphatic rings. The van der Waals surface area contributed by atoms with Crippen LogP contribution in [0.15, 0.2) is 12.2 Å². The number of aliphatic hydroxyl groups excluding tert-OH is 1. The third-order valence-corrected chi connectivity index (χ3v) is 14.7. The minimum absolute atomic E-state index is 0.0207. The summed E-state index contributed by atoms with van der Waals surface area (Å²) in [6.07, 6.45) is 9.01. The van der Waals surface area contributed by atoms with Crippen molar-refractivity contribution in [3.63, 3.8) is 0 Å². The van der Waals surface area contributed by atoms with Crippen molar-refractivity contribution >= 4 is 59.1 Å². The second kappa shape index (κ2) is 35.6. The maximum Gasteiger partial charge on any atom is 0.246 e. The van der Waals surface area contributed by atoms with E-state index in [-0.39, 0.29) is 73.8 Å². The molecule has 1 aliphatic heterocycles. The number of hydrogen-bond donors (Lipinski definition) is 10. The summed E-state index contributed by atoms with van der Waals surface area (Å²) in [5.74, 6) is -6.78. The normalized spacial score (nSPS) is 17.5. The highest BCUT2D eigenvalue weighted by atomic mass is 16.3. The molecular formula is C61H111N11O11. The molecule has 9 atom stereocenters. The maximum atomic E-state index is 14.4. The zero-order valence-electron chi connectivity index (χ0n) is 54.1. The van der Waals surface area contributed by atoms with Crippen LogP contribution in [-0.2, 0) is 47.9 Å². The predicted octanol–water partition coefficient (Wildman–Crippen LogP) is 3.88. The molecule has 10 N–H and O–H groups in total. The van der Waals surface area contributed by atoms with Crippen LogP contribution in [-0.4, -0.2) is 167 Å². The summed E-state index contributed by atoms with van der Waals surface area (Å²) in [4.78, 5) is 142. The second-order valence-corrected chi connectivity index (χ2v) is 26.3. The van der Waals surface area contributed by atoms with Crippen LogP contribution in [0.5, 0.6) is 0 Å². The summed E-state index contributed by atoms with van der Waals surface area (Å²) in [6.45, 7) is 30.4. The van der Waals surface area contributed by atoms with E-state index < -0.39 is 106 Å². The zero-order chi connectivity index (χ0) is 63.7. The molecule has 1 saturated heterocycles. The predicted molar refractivity (Wildman–Crippen MR) is 324 cm³/mol. The van der Waals surface area contributed by atoms with Crippen LogP contribution < -0.4 is 47.9 Å². The van der Waals surface area contributed by atoms with Gasteiger partial charge in [-0.1, -0.05) is 120 Å². The minimum Gasteiger partial charge on any atom is -0.390 e. The molecule has 1 unspecified atom stereocenters. The summed E-state index contributed by atoms with van der Waals surface area (Å²) in [7, 11) is 3.79. The van der Waals surface area contributed by atoms with E-state index in [2.05, 4.69) is 54.8 Å². The Labute approximate surface area is 497 Å². The Bertz CT molecular complexity index is 2180. The molecular weight excluding hydrogens is 1060 g/mol. The molecule has 22 heteroatoms. The quantitative estimate of drug-likeness (QED) is 0.0313. The Hall–Kier alpha value is -5.64. The minimum atomic E-state index is -1.76.